The molecular formula is C22H22F4N4O. The number of carbonyl (C=O) groups is 1. The first kappa shape index (κ1) is 23.9. The first-order valence-electron chi connectivity index (χ1n) is 9.39. The van der Waals surface area contributed by atoms with Gasteiger partial charge in [0.1, 0.15) is 0 Å². The van der Waals surface area contributed by atoms with Crippen molar-refractivity contribution in [3.05, 3.63) is 65.9 Å². The van der Waals surface area contributed by atoms with Crippen molar-refractivity contribution < 1.29 is 22.4 Å². The van der Waals surface area contributed by atoms with Crippen LogP contribution in [0.15, 0.2) is 54.7 Å². The average molecular weight is 434 g/mol. The fraction of sp³-hybridized carbons (Fsp3) is 0.318. The van der Waals surface area contributed by atoms with Crippen LogP contribution in [0.5, 0.6) is 0 Å². The number of nitrogens with one attached hydrogen (secondary N) is 1. The zero-order valence-electron chi connectivity index (χ0n) is 17.2. The molecule has 0 aliphatic rings. The molecule has 1 atom stereocenters. The van der Waals surface area contributed by atoms with Crippen molar-refractivity contribution in [3.8, 4) is 6.07 Å². The highest BCUT2D eigenvalue weighted by Crippen LogP contribution is 2.25. The van der Waals surface area contributed by atoms with Gasteiger partial charge >= 0.3 is 5.92 Å². The highest BCUT2D eigenvalue weighted by atomic mass is 19.3. The third kappa shape index (κ3) is 6.81. The third-order valence-corrected chi connectivity index (χ3v) is 4.27. The van der Waals surface area contributed by atoms with Crippen LogP contribution >= 0.6 is 0 Å². The molecule has 0 saturated heterocycles. The molecule has 1 aromatic heterocycles. The Labute approximate surface area is 177 Å². The van der Waals surface area contributed by atoms with Gasteiger partial charge in [-0.3, -0.25) is 9.48 Å². The minimum absolute atomic E-state index is 0.0648. The Morgan fingerprint density at radius 2 is 1.81 bits per heavy atom. The number of benzene rings is 2. The number of amides is 1. The van der Waals surface area contributed by atoms with Crippen molar-refractivity contribution >= 4 is 16.8 Å². The molecule has 3 aromatic rings. The van der Waals surface area contributed by atoms with Crippen molar-refractivity contribution in [2.24, 2.45) is 0 Å². The maximum absolute atomic E-state index is 12.8. The number of carbonyl (C=O) groups excluding carboxylic acids is 1. The van der Waals surface area contributed by atoms with Gasteiger partial charge in [0.25, 0.3) is 11.8 Å². The van der Waals surface area contributed by atoms with Gasteiger partial charge in [-0.1, -0.05) is 30.3 Å². The van der Waals surface area contributed by atoms with E-state index in [-0.39, 0.29) is 12.1 Å². The Hall–Kier alpha value is -3.41. The normalized spacial score (nSPS) is 12.5. The highest BCUT2D eigenvalue weighted by molar-refractivity contribution is 5.83. The van der Waals surface area contributed by atoms with Crippen molar-refractivity contribution in [1.29, 1.82) is 5.26 Å². The van der Waals surface area contributed by atoms with Crippen LogP contribution in [-0.4, -0.2) is 27.7 Å². The summed E-state index contributed by atoms with van der Waals surface area (Å²) >= 11 is 0. The summed E-state index contributed by atoms with van der Waals surface area (Å²) in [6.45, 7) is 3.34. The number of alkyl halides is 4. The van der Waals surface area contributed by atoms with Gasteiger partial charge in [0.15, 0.2) is 0 Å². The van der Waals surface area contributed by atoms with E-state index in [1.165, 1.54) is 12.1 Å². The molecule has 0 fully saturated rings. The lowest BCUT2D eigenvalue weighted by Crippen LogP contribution is -2.44. The number of aromatic nitrogens is 2. The van der Waals surface area contributed by atoms with Gasteiger partial charge in [0, 0.05) is 30.8 Å². The first-order valence-corrected chi connectivity index (χ1v) is 9.39. The Balaban J connectivity index is 0.000000285. The largest absolute Gasteiger partial charge is 0.347 e. The van der Waals surface area contributed by atoms with Gasteiger partial charge in [-0.15, -0.1) is 0 Å². The first-order chi connectivity index (χ1) is 14.4. The Kier molecular flexibility index (Phi) is 7.39. The lowest BCUT2D eigenvalue weighted by atomic mass is 10.1. The summed E-state index contributed by atoms with van der Waals surface area (Å²) < 4.78 is 52.2. The molecule has 31 heavy (non-hydrogen) atoms. The predicted molar refractivity (Wildman–Crippen MR) is 109 cm³/mol. The third-order valence-electron chi connectivity index (χ3n) is 4.27. The molecule has 5 nitrogen and oxygen atoms in total. The van der Waals surface area contributed by atoms with E-state index in [1.54, 1.807) is 54.2 Å². The monoisotopic (exact) mass is 434 g/mol. The number of rotatable bonds is 5. The van der Waals surface area contributed by atoms with E-state index in [0.29, 0.717) is 12.5 Å². The van der Waals surface area contributed by atoms with E-state index in [0.717, 1.165) is 17.8 Å². The minimum atomic E-state index is -3.40. The second kappa shape index (κ2) is 9.60. The van der Waals surface area contributed by atoms with Crippen LogP contribution in [0.4, 0.5) is 17.6 Å². The Morgan fingerprint density at radius 1 is 1.16 bits per heavy atom. The van der Waals surface area contributed by atoms with Gasteiger partial charge in [-0.05, 0) is 25.1 Å². The lowest BCUT2D eigenvalue weighted by Gasteiger charge is -2.17. The van der Waals surface area contributed by atoms with Crippen molar-refractivity contribution in [1.82, 2.24) is 15.1 Å². The fourth-order valence-corrected chi connectivity index (χ4v) is 2.69. The molecule has 1 unspecified atom stereocenters. The van der Waals surface area contributed by atoms with Crippen LogP contribution in [0.2, 0.25) is 0 Å². The summed E-state index contributed by atoms with van der Waals surface area (Å²) in [4.78, 5) is 11.2. The lowest BCUT2D eigenvalue weighted by molar-refractivity contribution is -0.143. The molecule has 0 aliphatic heterocycles. The van der Waals surface area contributed by atoms with Crippen LogP contribution in [0.3, 0.4) is 0 Å². The predicted octanol–water partition coefficient (Wildman–Crippen LogP) is 4.87. The molecule has 0 saturated carbocycles. The molecule has 0 bridgehead atoms. The topological polar surface area (TPSA) is 70.7 Å². The Morgan fingerprint density at radius 3 is 2.32 bits per heavy atom. The standard InChI is InChI=1S/C14H14F2N4O.C8H8F2/c1-9(19-13(21)14(2,15)16)8-20-12-4-3-10(6-17)5-11(12)7-18-20;1-8(9,10)7-5-3-2-4-6-7/h3-5,7,9H,8H2,1-2H3,(H,19,21);2-6H,1H3. The van der Waals surface area contributed by atoms with Gasteiger partial charge < -0.3 is 5.32 Å². The van der Waals surface area contributed by atoms with Crippen molar-refractivity contribution in [2.45, 2.75) is 45.2 Å². The van der Waals surface area contributed by atoms with E-state index in [1.807, 2.05) is 6.07 Å². The molecule has 2 aromatic carbocycles. The summed E-state index contributed by atoms with van der Waals surface area (Å²) in [7, 11) is 0. The molecule has 1 amide bonds. The van der Waals surface area contributed by atoms with Crippen LogP contribution in [0, 0.1) is 11.3 Å². The fourth-order valence-electron chi connectivity index (χ4n) is 2.69. The van der Waals surface area contributed by atoms with Gasteiger partial charge in [-0.25, -0.2) is 8.78 Å². The summed E-state index contributed by atoms with van der Waals surface area (Å²) in [5, 5.41) is 16.0. The van der Waals surface area contributed by atoms with Gasteiger partial charge in [0.2, 0.25) is 0 Å². The van der Waals surface area contributed by atoms with Crippen LogP contribution in [0.1, 0.15) is 31.9 Å². The minimum Gasteiger partial charge on any atom is -0.347 e. The maximum Gasteiger partial charge on any atom is 0.321 e. The summed E-state index contributed by atoms with van der Waals surface area (Å²) in [5.41, 5.74) is 1.36. The Bertz CT molecular complexity index is 1060. The SMILES string of the molecule is CC(Cn1ncc2cc(C#N)ccc21)NC(=O)C(C)(F)F.CC(F)(F)c1ccccc1. The van der Waals surface area contributed by atoms with E-state index < -0.39 is 23.8 Å². The molecular weight excluding hydrogens is 412 g/mol. The molecule has 3 rings (SSSR count). The van der Waals surface area contributed by atoms with Crippen molar-refractivity contribution in [2.75, 3.05) is 0 Å². The summed E-state index contributed by atoms with van der Waals surface area (Å²) in [6, 6.07) is 14.4. The van der Waals surface area contributed by atoms with E-state index in [9.17, 15) is 22.4 Å². The van der Waals surface area contributed by atoms with E-state index >= 15 is 0 Å². The van der Waals surface area contributed by atoms with Crippen LogP contribution in [0.25, 0.3) is 10.9 Å². The van der Waals surface area contributed by atoms with Crippen molar-refractivity contribution in [3.63, 3.8) is 0 Å². The number of nitrogens with zero attached hydrogens (tertiary/aromatic N) is 3. The van der Waals surface area contributed by atoms with E-state index in [4.69, 9.17) is 5.26 Å². The molecule has 1 heterocycles. The number of fused-ring (bicyclic) bond motifs is 1. The summed E-state index contributed by atoms with van der Waals surface area (Å²) in [6.07, 6.45) is 1.60. The second-order valence-electron chi connectivity index (χ2n) is 7.23. The maximum atomic E-state index is 12.8. The summed E-state index contributed by atoms with van der Waals surface area (Å²) in [5.74, 6) is -7.41. The molecule has 0 aliphatic carbocycles. The molecule has 9 heteroatoms. The number of hydrogen-bond acceptors (Lipinski definition) is 3. The van der Waals surface area contributed by atoms with Crippen LogP contribution < -0.4 is 5.32 Å². The number of hydrogen-bond donors (Lipinski definition) is 1. The molecule has 164 valence electrons. The zero-order valence-corrected chi connectivity index (χ0v) is 17.2. The highest BCUT2D eigenvalue weighted by Gasteiger charge is 2.33. The van der Waals surface area contributed by atoms with Gasteiger partial charge in [0.05, 0.1) is 29.9 Å². The smallest absolute Gasteiger partial charge is 0.321 e. The second-order valence-corrected chi connectivity index (χ2v) is 7.23. The number of halogens is 4. The van der Waals surface area contributed by atoms with E-state index in [2.05, 4.69) is 10.4 Å². The quantitative estimate of drug-likeness (QED) is 0.583. The molecule has 1 N–H and O–H groups in total. The van der Waals surface area contributed by atoms with Gasteiger partial charge in [-0.2, -0.15) is 19.1 Å². The van der Waals surface area contributed by atoms with Crippen LogP contribution in [-0.2, 0) is 17.3 Å². The average Bonchev–Trinajstić information content (AvgIpc) is 3.09. The number of nitriles is 1. The molecule has 0 spiro atoms. The molecule has 0 radical (unpaired) electrons. The zero-order chi connectivity index (χ0) is 23.2.